The predicted octanol–water partition coefficient (Wildman–Crippen LogP) is 5.16. The molecular weight excluding hydrogens is 352 g/mol. The Hall–Kier alpha value is -0.380. The summed E-state index contributed by atoms with van der Waals surface area (Å²) >= 11 is 3.87. The number of halogens is 1. The van der Waals surface area contributed by atoms with Gasteiger partial charge >= 0.3 is 0 Å². The normalized spacial score (nSPS) is 31.9. The fraction of sp³-hybridized carbons (Fsp3) is 0.700. The second-order valence-electron chi connectivity index (χ2n) is 7.71. The molecule has 0 spiro atoms. The molecule has 2 nitrogen and oxygen atoms in total. The van der Waals surface area contributed by atoms with Crippen LogP contribution >= 0.6 is 15.9 Å². The van der Waals surface area contributed by atoms with Crippen LogP contribution in [0.1, 0.15) is 59.8 Å². The monoisotopic (exact) mass is 384 g/mol. The molecule has 2 N–H and O–H groups in total. The summed E-state index contributed by atoms with van der Waals surface area (Å²) in [5.41, 5.74) is 1.46. The van der Waals surface area contributed by atoms with Gasteiger partial charge in [-0.25, -0.2) is 0 Å². The van der Waals surface area contributed by atoms with Crippen molar-refractivity contribution in [2.45, 2.75) is 76.3 Å². The standard InChI is InChI=1S/C20H33BrO2/c1-7-19(5,23)12-10-16-15(4)8-9-18(21)20(16,6)13-11-17(22)14(2)3/h7-8,16-18,22-23H,1-2,9-13H2,3-6H3/t16?,17-,18?,19?,20?/m1/s1. The molecule has 4 unspecified atom stereocenters. The van der Waals surface area contributed by atoms with Crippen LogP contribution in [0.3, 0.4) is 0 Å². The van der Waals surface area contributed by atoms with Gasteiger partial charge in [0.05, 0.1) is 11.7 Å². The van der Waals surface area contributed by atoms with Crippen molar-refractivity contribution in [3.05, 3.63) is 36.5 Å². The quantitative estimate of drug-likeness (QED) is 0.448. The van der Waals surface area contributed by atoms with E-state index in [-0.39, 0.29) is 5.41 Å². The maximum atomic E-state index is 10.3. The van der Waals surface area contributed by atoms with Crippen LogP contribution in [0, 0.1) is 11.3 Å². The van der Waals surface area contributed by atoms with Crippen LogP contribution in [0.2, 0.25) is 0 Å². The van der Waals surface area contributed by atoms with Gasteiger partial charge in [0.15, 0.2) is 0 Å². The third-order valence-corrected chi connectivity index (χ3v) is 7.03. The number of aliphatic hydroxyl groups excluding tert-OH is 1. The first-order chi connectivity index (χ1) is 10.5. The summed E-state index contributed by atoms with van der Waals surface area (Å²) in [4.78, 5) is 0.384. The van der Waals surface area contributed by atoms with Crippen LogP contribution in [0.4, 0.5) is 0 Å². The zero-order valence-corrected chi connectivity index (χ0v) is 16.7. The van der Waals surface area contributed by atoms with E-state index < -0.39 is 11.7 Å². The molecule has 0 aromatic carbocycles. The summed E-state index contributed by atoms with van der Waals surface area (Å²) < 4.78 is 0. The van der Waals surface area contributed by atoms with Crippen LogP contribution in [0.15, 0.2) is 36.5 Å². The average molecular weight is 385 g/mol. The van der Waals surface area contributed by atoms with Crippen molar-refractivity contribution in [2.24, 2.45) is 11.3 Å². The van der Waals surface area contributed by atoms with Crippen molar-refractivity contribution in [1.29, 1.82) is 0 Å². The fourth-order valence-corrected chi connectivity index (χ4v) is 4.30. The SMILES string of the molecule is C=CC(C)(O)CCC1C(C)=CCC(Br)C1(C)CC[C@@H](O)C(=C)C. The molecule has 0 heterocycles. The van der Waals surface area contributed by atoms with Crippen LogP contribution in [0.5, 0.6) is 0 Å². The molecule has 0 aromatic heterocycles. The molecule has 0 amide bonds. The van der Waals surface area contributed by atoms with Gasteiger partial charge in [-0.15, -0.1) is 6.58 Å². The van der Waals surface area contributed by atoms with Crippen molar-refractivity contribution in [1.82, 2.24) is 0 Å². The van der Waals surface area contributed by atoms with Gasteiger partial charge in [-0.05, 0) is 64.2 Å². The third-order valence-electron chi connectivity index (χ3n) is 5.61. The van der Waals surface area contributed by atoms with Gasteiger partial charge in [-0.3, -0.25) is 0 Å². The molecule has 3 heteroatoms. The highest BCUT2D eigenvalue weighted by Gasteiger charge is 2.43. The summed E-state index contributed by atoms with van der Waals surface area (Å²) in [5, 5.41) is 20.4. The van der Waals surface area contributed by atoms with E-state index >= 15 is 0 Å². The lowest BCUT2D eigenvalue weighted by Crippen LogP contribution is -2.41. The molecule has 0 aromatic rings. The van der Waals surface area contributed by atoms with Crippen molar-refractivity contribution in [3.8, 4) is 0 Å². The van der Waals surface area contributed by atoms with Crippen molar-refractivity contribution in [3.63, 3.8) is 0 Å². The topological polar surface area (TPSA) is 40.5 Å². The van der Waals surface area contributed by atoms with E-state index in [2.05, 4.69) is 49.0 Å². The fourth-order valence-electron chi connectivity index (χ4n) is 3.56. The Balaban J connectivity index is 2.91. The van der Waals surface area contributed by atoms with Crippen LogP contribution < -0.4 is 0 Å². The smallest absolute Gasteiger partial charge is 0.0797 e. The van der Waals surface area contributed by atoms with E-state index in [4.69, 9.17) is 0 Å². The van der Waals surface area contributed by atoms with E-state index in [1.165, 1.54) is 5.57 Å². The van der Waals surface area contributed by atoms with Gasteiger partial charge in [0.25, 0.3) is 0 Å². The van der Waals surface area contributed by atoms with Crippen LogP contribution in [-0.2, 0) is 0 Å². The minimum absolute atomic E-state index is 0.0620. The number of aliphatic hydroxyl groups is 2. The molecule has 23 heavy (non-hydrogen) atoms. The highest BCUT2D eigenvalue weighted by molar-refractivity contribution is 9.09. The highest BCUT2D eigenvalue weighted by atomic mass is 79.9. The lowest BCUT2D eigenvalue weighted by atomic mass is 9.62. The van der Waals surface area contributed by atoms with Gasteiger partial charge in [0.1, 0.15) is 0 Å². The Labute approximate surface area is 150 Å². The maximum Gasteiger partial charge on any atom is 0.0797 e. The first kappa shape index (κ1) is 20.7. The van der Waals surface area contributed by atoms with E-state index in [1.54, 1.807) is 6.08 Å². The zero-order valence-electron chi connectivity index (χ0n) is 15.1. The van der Waals surface area contributed by atoms with Gasteiger partial charge in [0, 0.05) is 4.83 Å². The largest absolute Gasteiger partial charge is 0.389 e. The molecule has 0 bridgehead atoms. The van der Waals surface area contributed by atoms with Gasteiger partial charge < -0.3 is 10.2 Å². The minimum atomic E-state index is -0.822. The number of alkyl halides is 1. The Morgan fingerprint density at radius 1 is 1.61 bits per heavy atom. The average Bonchev–Trinajstić information content (AvgIpc) is 2.48. The molecule has 0 fully saturated rings. The van der Waals surface area contributed by atoms with Gasteiger partial charge in [0.2, 0.25) is 0 Å². The Bertz CT molecular complexity index is 466. The molecule has 0 aliphatic heterocycles. The summed E-state index contributed by atoms with van der Waals surface area (Å²) in [7, 11) is 0. The zero-order chi connectivity index (χ0) is 17.8. The van der Waals surface area contributed by atoms with Crippen molar-refractivity contribution >= 4 is 15.9 Å². The summed E-state index contributed by atoms with van der Waals surface area (Å²) in [6, 6.07) is 0. The molecule has 132 valence electrons. The molecule has 0 saturated heterocycles. The molecule has 1 rings (SSSR count). The Kier molecular flexibility index (Phi) is 7.31. The minimum Gasteiger partial charge on any atom is -0.389 e. The molecule has 5 atom stereocenters. The van der Waals surface area contributed by atoms with Gasteiger partial charge in [-0.2, -0.15) is 0 Å². The van der Waals surface area contributed by atoms with Crippen LogP contribution in [0.25, 0.3) is 0 Å². The summed E-state index contributed by atoms with van der Waals surface area (Å²) in [6.07, 6.45) is 7.80. The number of allylic oxidation sites excluding steroid dienone is 2. The second-order valence-corrected chi connectivity index (χ2v) is 8.82. The molecule has 1 aliphatic rings. The molecule has 1 aliphatic carbocycles. The van der Waals surface area contributed by atoms with Crippen molar-refractivity contribution in [2.75, 3.05) is 0 Å². The predicted molar refractivity (Wildman–Crippen MR) is 103 cm³/mol. The van der Waals surface area contributed by atoms with E-state index in [0.717, 1.165) is 31.3 Å². The molecule has 0 radical (unpaired) electrons. The molecule has 0 saturated carbocycles. The lowest BCUT2D eigenvalue weighted by molar-refractivity contribution is 0.0735. The number of hydrogen-bond acceptors (Lipinski definition) is 2. The Morgan fingerprint density at radius 2 is 2.22 bits per heavy atom. The summed E-state index contributed by atoms with van der Waals surface area (Å²) in [5.74, 6) is 0.393. The van der Waals surface area contributed by atoms with E-state index in [1.807, 2.05) is 13.8 Å². The van der Waals surface area contributed by atoms with Crippen LogP contribution in [-0.4, -0.2) is 26.7 Å². The highest BCUT2D eigenvalue weighted by Crippen LogP contribution is 2.50. The molecular formula is C20H33BrO2. The van der Waals surface area contributed by atoms with Gasteiger partial charge in [-0.1, -0.05) is 52.7 Å². The van der Waals surface area contributed by atoms with E-state index in [0.29, 0.717) is 17.2 Å². The number of rotatable bonds is 8. The van der Waals surface area contributed by atoms with Crippen molar-refractivity contribution < 1.29 is 10.2 Å². The van der Waals surface area contributed by atoms with E-state index in [9.17, 15) is 10.2 Å². The maximum absolute atomic E-state index is 10.3. The lowest BCUT2D eigenvalue weighted by Gasteiger charge is -2.46. The summed E-state index contributed by atoms with van der Waals surface area (Å²) in [6.45, 7) is 15.8. The Morgan fingerprint density at radius 3 is 2.74 bits per heavy atom. The first-order valence-electron chi connectivity index (χ1n) is 8.53. The second kappa shape index (κ2) is 8.13. The third kappa shape index (κ3) is 5.30. The number of hydrogen-bond donors (Lipinski definition) is 2. The first-order valence-corrected chi connectivity index (χ1v) is 9.45.